The first-order valence-corrected chi connectivity index (χ1v) is 5.07. The number of carbonyl (C=O) groups excluding carboxylic acids is 1. The van der Waals surface area contributed by atoms with Crippen LogP contribution in [0.3, 0.4) is 0 Å². The van der Waals surface area contributed by atoms with E-state index in [2.05, 4.69) is 15.3 Å². The molecular formula is C11H12N4O2. The molecule has 0 saturated heterocycles. The second kappa shape index (κ2) is 4.65. The Bertz CT molecular complexity index is 502. The minimum Gasteiger partial charge on any atom is -0.467 e. The summed E-state index contributed by atoms with van der Waals surface area (Å²) in [6.45, 7) is 2.07. The second-order valence-corrected chi connectivity index (χ2v) is 3.51. The Hall–Kier alpha value is -2.37. The van der Waals surface area contributed by atoms with Crippen LogP contribution in [-0.2, 0) is 6.54 Å². The number of nitrogens with zero attached hydrogens (tertiary/aromatic N) is 2. The van der Waals surface area contributed by atoms with Gasteiger partial charge in [0.1, 0.15) is 11.5 Å². The molecule has 0 spiro atoms. The van der Waals surface area contributed by atoms with Gasteiger partial charge in [-0.3, -0.25) is 4.79 Å². The normalized spacial score (nSPS) is 10.2. The van der Waals surface area contributed by atoms with Gasteiger partial charge in [0.15, 0.2) is 0 Å². The Balaban J connectivity index is 2.04. The lowest BCUT2D eigenvalue weighted by atomic mass is 10.3. The standard InChI is InChI=1S/C11H12N4O2/c1-7-5-9(15-11(12)14-7)10(16)13-6-8-3-2-4-17-8/h2-5H,6H2,1H3,(H,13,16)(H2,12,14,15). The zero-order valence-corrected chi connectivity index (χ0v) is 9.30. The molecule has 0 aromatic carbocycles. The molecule has 0 fully saturated rings. The average Bonchev–Trinajstić information content (AvgIpc) is 2.77. The summed E-state index contributed by atoms with van der Waals surface area (Å²) in [4.78, 5) is 19.5. The number of hydrogen-bond acceptors (Lipinski definition) is 5. The minimum atomic E-state index is -0.307. The molecule has 3 N–H and O–H groups in total. The van der Waals surface area contributed by atoms with Crippen molar-refractivity contribution in [3.63, 3.8) is 0 Å². The van der Waals surface area contributed by atoms with Crippen molar-refractivity contribution in [3.05, 3.63) is 41.6 Å². The van der Waals surface area contributed by atoms with Crippen molar-refractivity contribution in [2.75, 3.05) is 5.73 Å². The highest BCUT2D eigenvalue weighted by atomic mass is 16.3. The molecule has 0 atom stereocenters. The van der Waals surface area contributed by atoms with E-state index in [1.165, 1.54) is 0 Å². The molecular weight excluding hydrogens is 220 g/mol. The van der Waals surface area contributed by atoms with Crippen molar-refractivity contribution in [2.45, 2.75) is 13.5 Å². The molecule has 1 amide bonds. The fraction of sp³-hybridized carbons (Fsp3) is 0.182. The summed E-state index contributed by atoms with van der Waals surface area (Å²) in [5.41, 5.74) is 6.37. The molecule has 2 aromatic rings. The zero-order valence-electron chi connectivity index (χ0n) is 9.30. The van der Waals surface area contributed by atoms with Crippen molar-refractivity contribution >= 4 is 11.9 Å². The number of rotatable bonds is 3. The maximum Gasteiger partial charge on any atom is 0.270 e. The molecule has 88 valence electrons. The van der Waals surface area contributed by atoms with Gasteiger partial charge < -0.3 is 15.5 Å². The third-order valence-corrected chi connectivity index (χ3v) is 2.11. The number of nitrogen functional groups attached to an aromatic ring is 1. The number of aromatic nitrogens is 2. The Morgan fingerprint density at radius 3 is 3.00 bits per heavy atom. The summed E-state index contributed by atoms with van der Waals surface area (Å²) >= 11 is 0. The van der Waals surface area contributed by atoms with E-state index in [1.54, 1.807) is 31.4 Å². The second-order valence-electron chi connectivity index (χ2n) is 3.51. The molecule has 2 heterocycles. The SMILES string of the molecule is Cc1cc(C(=O)NCc2ccco2)nc(N)n1. The summed E-state index contributed by atoms with van der Waals surface area (Å²) in [5, 5.41) is 2.68. The van der Waals surface area contributed by atoms with Gasteiger partial charge in [0.25, 0.3) is 5.91 Å². The highest BCUT2D eigenvalue weighted by Gasteiger charge is 2.09. The molecule has 2 rings (SSSR count). The third kappa shape index (κ3) is 2.81. The van der Waals surface area contributed by atoms with Crippen molar-refractivity contribution < 1.29 is 9.21 Å². The predicted octanol–water partition coefficient (Wildman–Crippen LogP) is 0.890. The number of furan rings is 1. The van der Waals surface area contributed by atoms with Gasteiger partial charge in [-0.15, -0.1) is 0 Å². The average molecular weight is 232 g/mol. The Labute approximate surface area is 97.9 Å². The first kappa shape index (κ1) is 11.1. The summed E-state index contributed by atoms with van der Waals surface area (Å²) in [5.74, 6) is 0.462. The van der Waals surface area contributed by atoms with Crippen LogP contribution < -0.4 is 11.1 Å². The molecule has 0 aliphatic carbocycles. The van der Waals surface area contributed by atoms with Crippen molar-refractivity contribution in [3.8, 4) is 0 Å². The van der Waals surface area contributed by atoms with E-state index >= 15 is 0 Å². The van der Waals surface area contributed by atoms with Gasteiger partial charge in [0.05, 0.1) is 12.8 Å². The van der Waals surface area contributed by atoms with Gasteiger partial charge in [-0.2, -0.15) is 0 Å². The van der Waals surface area contributed by atoms with E-state index < -0.39 is 0 Å². The van der Waals surface area contributed by atoms with Crippen LogP contribution >= 0.6 is 0 Å². The molecule has 0 aliphatic rings. The van der Waals surface area contributed by atoms with Gasteiger partial charge >= 0.3 is 0 Å². The van der Waals surface area contributed by atoms with E-state index in [0.717, 1.165) is 0 Å². The van der Waals surface area contributed by atoms with E-state index in [1.807, 2.05) is 0 Å². The van der Waals surface area contributed by atoms with E-state index in [-0.39, 0.29) is 17.5 Å². The summed E-state index contributed by atoms with van der Waals surface area (Å²) < 4.78 is 5.10. The summed E-state index contributed by atoms with van der Waals surface area (Å²) in [6, 6.07) is 5.11. The fourth-order valence-corrected chi connectivity index (χ4v) is 1.38. The maximum absolute atomic E-state index is 11.7. The number of aryl methyl sites for hydroxylation is 1. The van der Waals surface area contributed by atoms with Crippen molar-refractivity contribution in [1.29, 1.82) is 0 Å². The van der Waals surface area contributed by atoms with Crippen LogP contribution in [0.5, 0.6) is 0 Å². The number of nitrogens with two attached hydrogens (primary N) is 1. The first-order valence-electron chi connectivity index (χ1n) is 5.07. The highest BCUT2D eigenvalue weighted by molar-refractivity contribution is 5.92. The van der Waals surface area contributed by atoms with Gasteiger partial charge in [-0.1, -0.05) is 0 Å². The number of carbonyl (C=O) groups is 1. The number of nitrogens with one attached hydrogen (secondary N) is 1. The van der Waals surface area contributed by atoms with Crippen molar-refractivity contribution in [2.24, 2.45) is 0 Å². The van der Waals surface area contributed by atoms with Crippen LogP contribution in [0.1, 0.15) is 21.9 Å². The van der Waals surface area contributed by atoms with Crippen LogP contribution in [0.25, 0.3) is 0 Å². The van der Waals surface area contributed by atoms with Crippen LogP contribution in [0.2, 0.25) is 0 Å². The Kier molecular flexibility index (Phi) is 3.04. The van der Waals surface area contributed by atoms with E-state index in [4.69, 9.17) is 10.2 Å². The van der Waals surface area contributed by atoms with Gasteiger partial charge in [0, 0.05) is 5.69 Å². The van der Waals surface area contributed by atoms with Crippen molar-refractivity contribution in [1.82, 2.24) is 15.3 Å². The van der Waals surface area contributed by atoms with Gasteiger partial charge in [0.2, 0.25) is 5.95 Å². The van der Waals surface area contributed by atoms with Crippen LogP contribution in [0.4, 0.5) is 5.95 Å². The lowest BCUT2D eigenvalue weighted by Gasteiger charge is -2.04. The monoisotopic (exact) mass is 232 g/mol. The summed E-state index contributed by atoms with van der Waals surface area (Å²) in [6.07, 6.45) is 1.55. The van der Waals surface area contributed by atoms with Crippen LogP contribution in [-0.4, -0.2) is 15.9 Å². The lowest BCUT2D eigenvalue weighted by Crippen LogP contribution is -2.24. The molecule has 0 saturated carbocycles. The minimum absolute atomic E-state index is 0.0909. The Morgan fingerprint density at radius 1 is 1.53 bits per heavy atom. The van der Waals surface area contributed by atoms with Crippen LogP contribution in [0, 0.1) is 6.92 Å². The molecule has 0 bridgehead atoms. The number of amides is 1. The van der Waals surface area contributed by atoms with E-state index in [9.17, 15) is 4.79 Å². The molecule has 0 unspecified atom stereocenters. The molecule has 0 aliphatic heterocycles. The molecule has 2 aromatic heterocycles. The largest absolute Gasteiger partial charge is 0.467 e. The topological polar surface area (TPSA) is 94.0 Å². The molecule has 17 heavy (non-hydrogen) atoms. The van der Waals surface area contributed by atoms with Gasteiger partial charge in [-0.05, 0) is 25.1 Å². The molecule has 0 radical (unpaired) electrons. The predicted molar refractivity (Wildman–Crippen MR) is 61.1 cm³/mol. The first-order chi connectivity index (χ1) is 8.15. The van der Waals surface area contributed by atoms with Gasteiger partial charge in [-0.25, -0.2) is 9.97 Å². The highest BCUT2D eigenvalue weighted by Crippen LogP contribution is 2.03. The quantitative estimate of drug-likeness (QED) is 0.819. The lowest BCUT2D eigenvalue weighted by molar-refractivity contribution is 0.0943. The Morgan fingerprint density at radius 2 is 2.35 bits per heavy atom. The fourth-order valence-electron chi connectivity index (χ4n) is 1.38. The smallest absolute Gasteiger partial charge is 0.270 e. The number of anilines is 1. The third-order valence-electron chi connectivity index (χ3n) is 2.11. The van der Waals surface area contributed by atoms with E-state index in [0.29, 0.717) is 18.0 Å². The zero-order chi connectivity index (χ0) is 12.3. The summed E-state index contributed by atoms with van der Waals surface area (Å²) in [7, 11) is 0. The van der Waals surface area contributed by atoms with Crippen LogP contribution in [0.15, 0.2) is 28.9 Å². The number of hydrogen-bond donors (Lipinski definition) is 2. The molecule has 6 nitrogen and oxygen atoms in total. The maximum atomic E-state index is 11.7. The molecule has 6 heteroatoms.